The Morgan fingerprint density at radius 1 is 1.64 bits per heavy atom. The Morgan fingerprint density at radius 2 is 2.43 bits per heavy atom. The summed E-state index contributed by atoms with van der Waals surface area (Å²) in [5.74, 6) is 0. The van der Waals surface area contributed by atoms with Crippen LogP contribution in [0.15, 0.2) is 0 Å². The number of hydrogen-bond donors (Lipinski definition) is 2. The molecular weight excluding hydrogens is 198 g/mol. The summed E-state index contributed by atoms with van der Waals surface area (Å²) in [6.45, 7) is 5.98. The topological polar surface area (TPSA) is 44.4 Å². The zero-order valence-electron chi connectivity index (χ0n) is 8.62. The number of hydrogen-bond acceptors (Lipinski definition) is 3. The van der Waals surface area contributed by atoms with Gasteiger partial charge < -0.3 is 10.6 Å². The SMILES string of the molecule is CCN1SC2C(C)NCCC2NC1=O. The molecule has 2 amide bonds. The first-order valence-electron chi connectivity index (χ1n) is 5.20. The number of carbonyl (C=O) groups excluding carboxylic acids is 1. The fraction of sp³-hybridized carbons (Fsp3) is 0.889. The normalized spacial score (nSPS) is 37.7. The van der Waals surface area contributed by atoms with Crippen molar-refractivity contribution in [1.29, 1.82) is 0 Å². The fourth-order valence-electron chi connectivity index (χ4n) is 2.06. The lowest BCUT2D eigenvalue weighted by Crippen LogP contribution is -2.61. The lowest BCUT2D eigenvalue weighted by atomic mass is 10.00. The molecule has 0 radical (unpaired) electrons. The first-order valence-corrected chi connectivity index (χ1v) is 6.04. The van der Waals surface area contributed by atoms with E-state index in [1.165, 1.54) is 0 Å². The number of fused-ring (bicyclic) bond motifs is 1. The monoisotopic (exact) mass is 215 g/mol. The number of rotatable bonds is 1. The second-order valence-corrected chi connectivity index (χ2v) is 5.05. The van der Waals surface area contributed by atoms with E-state index < -0.39 is 0 Å². The number of piperidine rings is 1. The Bertz CT molecular complexity index is 236. The summed E-state index contributed by atoms with van der Waals surface area (Å²) in [5, 5.41) is 7.01. The van der Waals surface area contributed by atoms with Gasteiger partial charge in [-0.25, -0.2) is 4.79 Å². The number of nitrogens with zero attached hydrogens (tertiary/aromatic N) is 1. The molecule has 0 aromatic heterocycles. The molecule has 2 fully saturated rings. The third kappa shape index (κ3) is 1.70. The maximum absolute atomic E-state index is 11.6. The zero-order valence-corrected chi connectivity index (χ0v) is 9.43. The van der Waals surface area contributed by atoms with Gasteiger partial charge >= 0.3 is 6.03 Å². The Hall–Kier alpha value is -0.420. The molecule has 2 aliphatic rings. The molecule has 80 valence electrons. The predicted octanol–water partition coefficient (Wildman–Crippen LogP) is 0.799. The molecule has 0 aliphatic carbocycles. The maximum Gasteiger partial charge on any atom is 0.327 e. The third-order valence-electron chi connectivity index (χ3n) is 2.88. The van der Waals surface area contributed by atoms with Crippen molar-refractivity contribution < 1.29 is 4.79 Å². The van der Waals surface area contributed by atoms with Crippen LogP contribution in [0.25, 0.3) is 0 Å². The van der Waals surface area contributed by atoms with Gasteiger partial charge in [0.1, 0.15) is 0 Å². The fourth-order valence-corrected chi connectivity index (χ4v) is 3.28. The molecule has 2 heterocycles. The summed E-state index contributed by atoms with van der Waals surface area (Å²) in [5.41, 5.74) is 0. The standard InChI is InChI=1S/C9H17N3OS/c1-3-12-9(13)11-7-4-5-10-6(2)8(7)14-12/h6-8,10H,3-5H2,1-2H3,(H,11,13). The summed E-state index contributed by atoms with van der Waals surface area (Å²) in [6.07, 6.45) is 1.05. The van der Waals surface area contributed by atoms with Gasteiger partial charge in [-0.15, -0.1) is 0 Å². The van der Waals surface area contributed by atoms with E-state index in [9.17, 15) is 4.79 Å². The molecule has 4 nitrogen and oxygen atoms in total. The van der Waals surface area contributed by atoms with Gasteiger partial charge in [-0.1, -0.05) is 0 Å². The van der Waals surface area contributed by atoms with E-state index >= 15 is 0 Å². The molecular formula is C9H17N3OS. The van der Waals surface area contributed by atoms with Gasteiger partial charge in [0, 0.05) is 18.6 Å². The van der Waals surface area contributed by atoms with Gasteiger partial charge in [0.05, 0.1) is 5.25 Å². The van der Waals surface area contributed by atoms with Crippen molar-refractivity contribution in [2.75, 3.05) is 13.1 Å². The summed E-state index contributed by atoms with van der Waals surface area (Å²) in [4.78, 5) is 11.6. The second kappa shape index (κ2) is 3.98. The van der Waals surface area contributed by atoms with Crippen LogP contribution in [0, 0.1) is 0 Å². The Kier molecular flexibility index (Phi) is 2.88. The summed E-state index contributed by atoms with van der Waals surface area (Å²) < 4.78 is 1.81. The Morgan fingerprint density at radius 3 is 3.14 bits per heavy atom. The minimum absolute atomic E-state index is 0.0767. The van der Waals surface area contributed by atoms with E-state index in [1.807, 2.05) is 11.2 Å². The smallest absolute Gasteiger partial charge is 0.327 e. The van der Waals surface area contributed by atoms with Gasteiger partial charge in [0.15, 0.2) is 0 Å². The number of urea groups is 1. The Balaban J connectivity index is 2.06. The molecule has 0 aromatic carbocycles. The highest BCUT2D eigenvalue weighted by Gasteiger charge is 2.38. The van der Waals surface area contributed by atoms with Crippen molar-refractivity contribution in [2.45, 2.75) is 37.6 Å². The number of nitrogens with one attached hydrogen (secondary N) is 2. The summed E-state index contributed by atoms with van der Waals surface area (Å²) >= 11 is 1.69. The molecule has 2 aliphatic heterocycles. The molecule has 2 rings (SSSR count). The molecule has 0 saturated carbocycles. The first-order chi connectivity index (χ1) is 6.72. The average Bonchev–Trinajstić information content (AvgIpc) is 2.17. The molecule has 14 heavy (non-hydrogen) atoms. The Labute approximate surface area is 88.9 Å². The van der Waals surface area contributed by atoms with Crippen LogP contribution in [0.3, 0.4) is 0 Å². The quantitative estimate of drug-likeness (QED) is 0.636. The lowest BCUT2D eigenvalue weighted by Gasteiger charge is -2.43. The summed E-state index contributed by atoms with van der Waals surface area (Å²) in [6, 6.07) is 0.910. The van der Waals surface area contributed by atoms with Crippen molar-refractivity contribution >= 4 is 18.0 Å². The van der Waals surface area contributed by atoms with Gasteiger partial charge in [0.25, 0.3) is 0 Å². The van der Waals surface area contributed by atoms with Gasteiger partial charge in [-0.05, 0) is 38.8 Å². The highest BCUT2D eigenvalue weighted by atomic mass is 32.2. The predicted molar refractivity (Wildman–Crippen MR) is 58.2 cm³/mol. The third-order valence-corrected chi connectivity index (χ3v) is 4.54. The van der Waals surface area contributed by atoms with Crippen molar-refractivity contribution in [3.8, 4) is 0 Å². The van der Waals surface area contributed by atoms with Crippen LogP contribution in [-0.2, 0) is 0 Å². The lowest BCUT2D eigenvalue weighted by molar-refractivity contribution is 0.211. The molecule has 0 spiro atoms. The number of amides is 2. The van der Waals surface area contributed by atoms with Gasteiger partial charge in [-0.3, -0.25) is 4.31 Å². The van der Waals surface area contributed by atoms with Crippen molar-refractivity contribution in [3.05, 3.63) is 0 Å². The van der Waals surface area contributed by atoms with Crippen LogP contribution in [-0.4, -0.2) is 40.8 Å². The maximum atomic E-state index is 11.6. The van der Waals surface area contributed by atoms with Crippen LogP contribution in [0.5, 0.6) is 0 Å². The molecule has 3 unspecified atom stereocenters. The van der Waals surface area contributed by atoms with Crippen molar-refractivity contribution in [1.82, 2.24) is 14.9 Å². The van der Waals surface area contributed by atoms with Crippen molar-refractivity contribution in [3.63, 3.8) is 0 Å². The number of carbonyl (C=O) groups is 1. The largest absolute Gasteiger partial charge is 0.333 e. The molecule has 2 saturated heterocycles. The average molecular weight is 215 g/mol. The highest BCUT2D eigenvalue weighted by molar-refractivity contribution is 7.98. The summed E-state index contributed by atoms with van der Waals surface area (Å²) in [7, 11) is 0. The molecule has 5 heteroatoms. The van der Waals surface area contributed by atoms with E-state index in [-0.39, 0.29) is 6.03 Å². The van der Waals surface area contributed by atoms with Crippen LogP contribution in [0.2, 0.25) is 0 Å². The molecule has 3 atom stereocenters. The first kappa shape index (κ1) is 10.1. The van der Waals surface area contributed by atoms with E-state index in [0.717, 1.165) is 19.5 Å². The van der Waals surface area contributed by atoms with Crippen LogP contribution < -0.4 is 10.6 Å². The molecule has 0 bridgehead atoms. The minimum atomic E-state index is 0.0767. The van der Waals surface area contributed by atoms with Gasteiger partial charge in [-0.2, -0.15) is 0 Å². The minimum Gasteiger partial charge on any atom is -0.333 e. The van der Waals surface area contributed by atoms with E-state index in [2.05, 4.69) is 17.6 Å². The molecule has 2 N–H and O–H groups in total. The van der Waals surface area contributed by atoms with E-state index in [1.54, 1.807) is 11.9 Å². The van der Waals surface area contributed by atoms with E-state index in [0.29, 0.717) is 17.3 Å². The van der Waals surface area contributed by atoms with Gasteiger partial charge in [0.2, 0.25) is 0 Å². The zero-order chi connectivity index (χ0) is 10.1. The van der Waals surface area contributed by atoms with Crippen LogP contribution in [0.1, 0.15) is 20.3 Å². The van der Waals surface area contributed by atoms with E-state index in [4.69, 9.17) is 0 Å². The highest BCUT2D eigenvalue weighted by Crippen LogP contribution is 2.30. The van der Waals surface area contributed by atoms with Crippen molar-refractivity contribution in [2.24, 2.45) is 0 Å². The second-order valence-electron chi connectivity index (χ2n) is 3.85. The van der Waals surface area contributed by atoms with Crippen LogP contribution in [0.4, 0.5) is 4.79 Å². The molecule has 0 aromatic rings. The van der Waals surface area contributed by atoms with Crippen LogP contribution >= 0.6 is 11.9 Å².